The lowest BCUT2D eigenvalue weighted by atomic mass is 9.86. The average Bonchev–Trinajstić information content (AvgIpc) is 3.09. The Hall–Kier alpha value is -3.22. The highest BCUT2D eigenvalue weighted by atomic mass is 16.4. The first-order valence-electron chi connectivity index (χ1n) is 9.68. The minimum atomic E-state index is -0.481. The van der Waals surface area contributed by atoms with Crippen molar-refractivity contribution in [1.29, 1.82) is 0 Å². The van der Waals surface area contributed by atoms with Crippen LogP contribution in [-0.2, 0) is 0 Å². The van der Waals surface area contributed by atoms with Gasteiger partial charge in [0.2, 0.25) is 0 Å². The van der Waals surface area contributed by atoms with Gasteiger partial charge in [0.1, 0.15) is 17.0 Å². The van der Waals surface area contributed by atoms with Gasteiger partial charge in [0.05, 0.1) is 0 Å². The molecule has 0 amide bonds. The molecule has 7 nitrogen and oxygen atoms in total. The molecule has 0 saturated carbocycles. The van der Waals surface area contributed by atoms with E-state index in [2.05, 4.69) is 34.0 Å². The molecule has 3 rings (SSSR count). The molecule has 1 heterocycles. The summed E-state index contributed by atoms with van der Waals surface area (Å²) in [4.78, 5) is 18.8. The summed E-state index contributed by atoms with van der Waals surface area (Å²) >= 11 is 0. The average molecular weight is 394 g/mol. The first-order valence-corrected chi connectivity index (χ1v) is 9.68. The highest BCUT2D eigenvalue weighted by Gasteiger charge is 2.23. The highest BCUT2D eigenvalue weighted by molar-refractivity contribution is 6.01. The van der Waals surface area contributed by atoms with E-state index >= 15 is 0 Å². The second kappa shape index (κ2) is 8.03. The summed E-state index contributed by atoms with van der Waals surface area (Å²) in [6, 6.07) is 10.5. The van der Waals surface area contributed by atoms with Gasteiger partial charge in [-0.2, -0.15) is 4.98 Å². The number of fused-ring (bicyclic) bond motifs is 1. The number of aromatic nitrogens is 1. The SMILES string of the molecule is CCN(CC)c1ccc(N=Nc2nc3ccc(C(=O)C(C)(C)C)cc3o2)c(O)c1. The van der Waals surface area contributed by atoms with Crippen LogP contribution in [-0.4, -0.2) is 29.0 Å². The Bertz CT molecular complexity index is 1060. The molecule has 1 N–H and O–H groups in total. The molecule has 1 aromatic heterocycles. The van der Waals surface area contributed by atoms with Crippen molar-refractivity contribution in [3.8, 4) is 5.75 Å². The molecule has 0 radical (unpaired) electrons. The number of Topliss-reactive ketones (excluding diaryl/α,β-unsaturated/α-hetero) is 1. The maximum absolute atomic E-state index is 12.4. The van der Waals surface area contributed by atoms with Crippen molar-refractivity contribution >= 4 is 34.3 Å². The normalized spacial score (nSPS) is 12.0. The van der Waals surface area contributed by atoms with Crippen molar-refractivity contribution in [2.24, 2.45) is 15.6 Å². The van der Waals surface area contributed by atoms with Gasteiger partial charge in [-0.1, -0.05) is 25.9 Å². The molecule has 0 atom stereocenters. The zero-order valence-electron chi connectivity index (χ0n) is 17.4. The third-order valence-corrected chi connectivity index (χ3v) is 4.65. The van der Waals surface area contributed by atoms with Gasteiger partial charge >= 0.3 is 6.01 Å². The molecule has 0 unspecified atom stereocenters. The summed E-state index contributed by atoms with van der Waals surface area (Å²) in [5.74, 6) is 0.0597. The van der Waals surface area contributed by atoms with Crippen molar-refractivity contribution in [3.63, 3.8) is 0 Å². The summed E-state index contributed by atoms with van der Waals surface area (Å²) in [5, 5.41) is 18.3. The number of carbonyl (C=O) groups is 1. The van der Waals surface area contributed by atoms with Crippen molar-refractivity contribution in [1.82, 2.24) is 4.98 Å². The lowest BCUT2D eigenvalue weighted by Gasteiger charge is -2.21. The van der Waals surface area contributed by atoms with Gasteiger partial charge in [-0.3, -0.25) is 4.79 Å². The number of azo groups is 1. The quantitative estimate of drug-likeness (QED) is 0.407. The van der Waals surface area contributed by atoms with Crippen LogP contribution in [0, 0.1) is 5.41 Å². The third kappa shape index (κ3) is 4.45. The van der Waals surface area contributed by atoms with E-state index in [4.69, 9.17) is 4.42 Å². The topological polar surface area (TPSA) is 91.3 Å². The fourth-order valence-corrected chi connectivity index (χ4v) is 3.01. The Kier molecular flexibility index (Phi) is 5.68. The van der Waals surface area contributed by atoms with Crippen LogP contribution in [0.5, 0.6) is 5.75 Å². The number of oxazole rings is 1. The fraction of sp³-hybridized carbons (Fsp3) is 0.364. The number of nitrogens with zero attached hydrogens (tertiary/aromatic N) is 4. The van der Waals surface area contributed by atoms with E-state index in [1.165, 1.54) is 0 Å². The zero-order chi connectivity index (χ0) is 21.2. The molecule has 0 aliphatic rings. The molecule has 29 heavy (non-hydrogen) atoms. The number of phenolic OH excluding ortho intramolecular Hbond substituents is 1. The van der Waals surface area contributed by atoms with Crippen LogP contribution < -0.4 is 4.90 Å². The maximum atomic E-state index is 12.4. The molecular weight excluding hydrogens is 368 g/mol. The van der Waals surface area contributed by atoms with E-state index in [0.717, 1.165) is 18.8 Å². The molecule has 2 aromatic carbocycles. The van der Waals surface area contributed by atoms with E-state index in [9.17, 15) is 9.90 Å². The van der Waals surface area contributed by atoms with Crippen LogP contribution in [0.1, 0.15) is 45.0 Å². The van der Waals surface area contributed by atoms with E-state index in [-0.39, 0.29) is 17.5 Å². The molecular formula is C22H26N4O3. The van der Waals surface area contributed by atoms with Gasteiger partial charge < -0.3 is 14.4 Å². The molecule has 0 aliphatic heterocycles. The predicted molar refractivity (Wildman–Crippen MR) is 114 cm³/mol. The molecule has 0 fully saturated rings. The number of hydrogen-bond acceptors (Lipinski definition) is 7. The molecule has 0 saturated heterocycles. The summed E-state index contributed by atoms with van der Waals surface area (Å²) in [7, 11) is 0. The summed E-state index contributed by atoms with van der Waals surface area (Å²) in [6.45, 7) is 11.4. The monoisotopic (exact) mass is 394 g/mol. The first-order chi connectivity index (χ1) is 13.7. The molecule has 0 bridgehead atoms. The number of anilines is 1. The molecule has 0 spiro atoms. The number of carbonyl (C=O) groups excluding carboxylic acids is 1. The number of rotatable bonds is 6. The highest BCUT2D eigenvalue weighted by Crippen LogP contribution is 2.33. The van der Waals surface area contributed by atoms with Crippen LogP contribution >= 0.6 is 0 Å². The lowest BCUT2D eigenvalue weighted by molar-refractivity contribution is 0.0858. The van der Waals surface area contributed by atoms with Gasteiger partial charge in [0.15, 0.2) is 11.4 Å². The Morgan fingerprint density at radius 3 is 2.45 bits per heavy atom. The van der Waals surface area contributed by atoms with Crippen molar-refractivity contribution in [3.05, 3.63) is 42.0 Å². The fourth-order valence-electron chi connectivity index (χ4n) is 3.01. The van der Waals surface area contributed by atoms with Crippen molar-refractivity contribution in [2.45, 2.75) is 34.6 Å². The van der Waals surface area contributed by atoms with Gasteiger partial charge in [-0.05, 0) is 44.2 Å². The first kappa shape index (κ1) is 20.5. The van der Waals surface area contributed by atoms with Crippen LogP contribution in [0.2, 0.25) is 0 Å². The summed E-state index contributed by atoms with van der Waals surface area (Å²) < 4.78 is 5.62. The molecule has 7 heteroatoms. The minimum absolute atomic E-state index is 0.0252. The molecule has 152 valence electrons. The zero-order valence-corrected chi connectivity index (χ0v) is 17.4. The van der Waals surface area contributed by atoms with Crippen LogP contribution in [0.4, 0.5) is 17.4 Å². The van der Waals surface area contributed by atoms with Crippen molar-refractivity contribution in [2.75, 3.05) is 18.0 Å². The van der Waals surface area contributed by atoms with Gasteiger partial charge in [0, 0.05) is 35.8 Å². The molecule has 0 aliphatic carbocycles. The van der Waals surface area contributed by atoms with Crippen LogP contribution in [0.3, 0.4) is 0 Å². The van der Waals surface area contributed by atoms with E-state index in [0.29, 0.717) is 22.4 Å². The maximum Gasteiger partial charge on any atom is 0.341 e. The summed E-state index contributed by atoms with van der Waals surface area (Å²) in [6.07, 6.45) is 0. The Balaban J connectivity index is 1.85. The lowest BCUT2D eigenvalue weighted by Crippen LogP contribution is -2.21. The standard InChI is InChI=1S/C22H26N4O3/c1-6-26(7-2)15-9-11-16(18(27)13-15)24-25-21-23-17-10-8-14(12-19(17)29-21)20(28)22(3,4)5/h8-13,27H,6-7H2,1-5H3. The number of ketones is 1. The van der Waals surface area contributed by atoms with Gasteiger partial charge in [0.25, 0.3) is 0 Å². The van der Waals surface area contributed by atoms with Crippen LogP contribution in [0.25, 0.3) is 11.1 Å². The van der Waals surface area contributed by atoms with Gasteiger partial charge in [-0.25, -0.2) is 0 Å². The van der Waals surface area contributed by atoms with E-state index in [1.807, 2.05) is 26.8 Å². The predicted octanol–water partition coefficient (Wildman–Crippen LogP) is 6.02. The Morgan fingerprint density at radius 2 is 1.83 bits per heavy atom. The second-order valence-corrected chi connectivity index (χ2v) is 7.80. The number of benzene rings is 2. The Morgan fingerprint density at radius 1 is 1.10 bits per heavy atom. The largest absolute Gasteiger partial charge is 0.506 e. The Labute approximate surface area is 170 Å². The summed E-state index contributed by atoms with van der Waals surface area (Å²) in [5.41, 5.74) is 2.39. The smallest absolute Gasteiger partial charge is 0.341 e. The van der Waals surface area contributed by atoms with E-state index in [1.54, 1.807) is 30.3 Å². The molecule has 3 aromatic rings. The minimum Gasteiger partial charge on any atom is -0.506 e. The van der Waals surface area contributed by atoms with Crippen molar-refractivity contribution < 1.29 is 14.3 Å². The number of phenols is 1. The van der Waals surface area contributed by atoms with Gasteiger partial charge in [-0.15, -0.1) is 5.11 Å². The van der Waals surface area contributed by atoms with Crippen LogP contribution in [0.15, 0.2) is 51.0 Å². The number of hydrogen-bond donors (Lipinski definition) is 1. The van der Waals surface area contributed by atoms with E-state index < -0.39 is 5.41 Å². The second-order valence-electron chi connectivity index (χ2n) is 7.80. The number of aromatic hydroxyl groups is 1. The third-order valence-electron chi connectivity index (χ3n) is 4.65.